The normalized spacial score (nSPS) is 12.0. The Balaban J connectivity index is 2.43. The van der Waals surface area contributed by atoms with Gasteiger partial charge >= 0.3 is 0 Å². The molecule has 0 aliphatic heterocycles. The van der Waals surface area contributed by atoms with E-state index in [4.69, 9.17) is 11.6 Å². The molecular formula is C18H24ClN3O2. The van der Waals surface area contributed by atoms with E-state index in [9.17, 15) is 9.59 Å². The molecule has 6 heteroatoms. The molecule has 0 aliphatic carbocycles. The molecule has 0 atom stereocenters. The first-order valence-electron chi connectivity index (χ1n) is 7.95. The number of nitrogens with zero attached hydrogens (tertiary/aromatic N) is 2. The minimum Gasteiger partial charge on any atom is -0.350 e. The molecule has 2 rings (SSSR count). The highest BCUT2D eigenvalue weighted by molar-refractivity contribution is 6.31. The Morgan fingerprint density at radius 2 is 2.00 bits per heavy atom. The van der Waals surface area contributed by atoms with Crippen LogP contribution in [0.2, 0.25) is 5.02 Å². The fourth-order valence-corrected chi connectivity index (χ4v) is 2.52. The number of hydrogen-bond donors (Lipinski definition) is 1. The van der Waals surface area contributed by atoms with Crippen LogP contribution in [0.5, 0.6) is 0 Å². The summed E-state index contributed by atoms with van der Waals surface area (Å²) in [6, 6.07) is 5.17. The second-order valence-electron chi connectivity index (χ2n) is 6.71. The molecule has 1 heterocycles. The first-order chi connectivity index (χ1) is 11.2. The zero-order valence-electron chi connectivity index (χ0n) is 14.8. The van der Waals surface area contributed by atoms with Gasteiger partial charge in [0.2, 0.25) is 5.43 Å². The average molecular weight is 350 g/mol. The number of carbonyl (C=O) groups is 1. The van der Waals surface area contributed by atoms with Crippen LogP contribution in [0, 0.1) is 0 Å². The fourth-order valence-electron chi connectivity index (χ4n) is 2.34. The van der Waals surface area contributed by atoms with Gasteiger partial charge < -0.3 is 14.8 Å². The van der Waals surface area contributed by atoms with E-state index in [0.717, 1.165) is 5.52 Å². The molecule has 0 fully saturated rings. The third-order valence-electron chi connectivity index (χ3n) is 4.52. The third-order valence-corrected chi connectivity index (χ3v) is 4.75. The number of nitrogens with one attached hydrogen (secondary N) is 1. The molecule has 1 N–H and O–H groups in total. The Morgan fingerprint density at radius 1 is 1.33 bits per heavy atom. The summed E-state index contributed by atoms with van der Waals surface area (Å²) in [5.74, 6) is -0.362. The van der Waals surface area contributed by atoms with Crippen LogP contribution < -0.4 is 10.7 Å². The van der Waals surface area contributed by atoms with Crippen molar-refractivity contribution in [2.24, 2.45) is 0 Å². The van der Waals surface area contributed by atoms with E-state index in [1.54, 1.807) is 24.4 Å². The zero-order chi connectivity index (χ0) is 18.1. The maximum atomic E-state index is 12.7. The summed E-state index contributed by atoms with van der Waals surface area (Å²) in [5, 5.41) is 3.81. The summed E-state index contributed by atoms with van der Waals surface area (Å²) in [5.41, 5.74) is 0.412. The van der Waals surface area contributed by atoms with E-state index < -0.39 is 0 Å². The number of pyridine rings is 1. The molecule has 0 saturated carbocycles. The molecule has 0 bridgehead atoms. The smallest absolute Gasteiger partial charge is 0.256 e. The van der Waals surface area contributed by atoms with E-state index in [2.05, 4.69) is 5.32 Å². The van der Waals surface area contributed by atoms with Gasteiger partial charge in [0.15, 0.2) is 0 Å². The number of halogens is 1. The van der Waals surface area contributed by atoms with Crippen LogP contribution in [0.3, 0.4) is 0 Å². The second kappa shape index (κ2) is 6.95. The number of carbonyl (C=O) groups excluding carboxylic acids is 1. The monoisotopic (exact) mass is 349 g/mol. The molecule has 2 aromatic rings. The van der Waals surface area contributed by atoms with Gasteiger partial charge in [-0.1, -0.05) is 11.6 Å². The van der Waals surface area contributed by atoms with E-state index >= 15 is 0 Å². The average Bonchev–Trinajstić information content (AvgIpc) is 2.53. The van der Waals surface area contributed by atoms with E-state index in [1.807, 2.05) is 44.3 Å². The lowest BCUT2D eigenvalue weighted by Crippen LogP contribution is -2.48. The Morgan fingerprint density at radius 3 is 2.58 bits per heavy atom. The van der Waals surface area contributed by atoms with Gasteiger partial charge in [-0.2, -0.15) is 0 Å². The van der Waals surface area contributed by atoms with Gasteiger partial charge in [0.1, 0.15) is 5.56 Å². The van der Waals surface area contributed by atoms with E-state index in [0.29, 0.717) is 23.5 Å². The number of rotatable bonds is 5. The van der Waals surface area contributed by atoms with Crippen LogP contribution in [-0.4, -0.2) is 41.6 Å². The van der Waals surface area contributed by atoms with Crippen LogP contribution in [0.25, 0.3) is 10.9 Å². The van der Waals surface area contributed by atoms with Crippen molar-refractivity contribution < 1.29 is 4.79 Å². The first kappa shape index (κ1) is 18.5. The van der Waals surface area contributed by atoms with Gasteiger partial charge in [-0.25, -0.2) is 0 Å². The molecule has 0 unspecified atom stereocenters. The van der Waals surface area contributed by atoms with Gasteiger partial charge in [0.25, 0.3) is 5.91 Å². The molecule has 0 aliphatic rings. The number of likely N-dealkylation sites (N-methyl/N-ethyl adjacent to an activating group) is 1. The molecule has 1 aromatic carbocycles. The molecule has 130 valence electrons. The topological polar surface area (TPSA) is 54.3 Å². The molecule has 1 amide bonds. The predicted molar refractivity (Wildman–Crippen MR) is 99.0 cm³/mol. The minimum atomic E-state index is -0.362. The SMILES string of the molecule is CCn1cc(C(=O)NCC(C)(C)N(C)C)c(=O)c2cc(Cl)ccc21. The van der Waals surface area contributed by atoms with Gasteiger partial charge in [0, 0.05) is 35.2 Å². The molecule has 1 aromatic heterocycles. The van der Waals surface area contributed by atoms with Crippen molar-refractivity contribution in [3.8, 4) is 0 Å². The second-order valence-corrected chi connectivity index (χ2v) is 7.15. The first-order valence-corrected chi connectivity index (χ1v) is 8.33. The molecule has 5 nitrogen and oxygen atoms in total. The molecule has 0 spiro atoms. The lowest BCUT2D eigenvalue weighted by atomic mass is 10.0. The molecule has 0 radical (unpaired) electrons. The summed E-state index contributed by atoms with van der Waals surface area (Å²) in [6.45, 7) is 7.12. The Labute approximate surface area is 147 Å². The summed E-state index contributed by atoms with van der Waals surface area (Å²) in [6.07, 6.45) is 1.62. The molecule has 24 heavy (non-hydrogen) atoms. The van der Waals surface area contributed by atoms with Crippen molar-refractivity contribution in [1.82, 2.24) is 14.8 Å². The van der Waals surface area contributed by atoms with Crippen molar-refractivity contribution in [2.75, 3.05) is 20.6 Å². The van der Waals surface area contributed by atoms with Crippen molar-refractivity contribution in [2.45, 2.75) is 32.9 Å². The van der Waals surface area contributed by atoms with Crippen LogP contribution in [0.15, 0.2) is 29.2 Å². The Kier molecular flexibility index (Phi) is 5.35. The largest absolute Gasteiger partial charge is 0.350 e. The lowest BCUT2D eigenvalue weighted by Gasteiger charge is -2.32. The van der Waals surface area contributed by atoms with Crippen molar-refractivity contribution in [3.63, 3.8) is 0 Å². The summed E-state index contributed by atoms with van der Waals surface area (Å²) >= 11 is 6.02. The van der Waals surface area contributed by atoms with Gasteiger partial charge in [-0.15, -0.1) is 0 Å². The third kappa shape index (κ3) is 3.62. The Bertz CT molecular complexity index is 825. The highest BCUT2D eigenvalue weighted by Gasteiger charge is 2.23. The predicted octanol–water partition coefficient (Wildman–Crippen LogP) is 2.74. The lowest BCUT2D eigenvalue weighted by molar-refractivity contribution is 0.0918. The quantitative estimate of drug-likeness (QED) is 0.903. The zero-order valence-corrected chi connectivity index (χ0v) is 15.6. The number of benzene rings is 1. The standard InChI is InChI=1S/C18H24ClN3O2/c1-6-22-10-14(17(24)20-11-18(2,3)21(4)5)16(23)13-9-12(19)7-8-15(13)22/h7-10H,6,11H2,1-5H3,(H,20,24). The summed E-state index contributed by atoms with van der Waals surface area (Å²) in [4.78, 5) is 27.3. The van der Waals surface area contributed by atoms with Gasteiger partial charge in [-0.05, 0) is 53.1 Å². The van der Waals surface area contributed by atoms with Crippen molar-refractivity contribution in [1.29, 1.82) is 0 Å². The van der Waals surface area contributed by atoms with Crippen molar-refractivity contribution >= 4 is 28.4 Å². The number of hydrogen-bond acceptors (Lipinski definition) is 3. The fraction of sp³-hybridized carbons (Fsp3) is 0.444. The molecular weight excluding hydrogens is 326 g/mol. The highest BCUT2D eigenvalue weighted by Crippen LogP contribution is 2.18. The number of fused-ring (bicyclic) bond motifs is 1. The van der Waals surface area contributed by atoms with Crippen LogP contribution in [-0.2, 0) is 6.54 Å². The van der Waals surface area contributed by atoms with Crippen LogP contribution in [0.4, 0.5) is 0 Å². The van der Waals surface area contributed by atoms with Crippen molar-refractivity contribution in [3.05, 3.63) is 45.2 Å². The summed E-state index contributed by atoms with van der Waals surface area (Å²) < 4.78 is 1.89. The minimum absolute atomic E-state index is 0.140. The number of aryl methyl sites for hydroxylation is 1. The van der Waals surface area contributed by atoms with E-state index in [-0.39, 0.29) is 22.4 Å². The highest BCUT2D eigenvalue weighted by atomic mass is 35.5. The van der Waals surface area contributed by atoms with Gasteiger partial charge in [-0.3, -0.25) is 9.59 Å². The molecule has 0 saturated heterocycles. The van der Waals surface area contributed by atoms with E-state index in [1.165, 1.54) is 0 Å². The van der Waals surface area contributed by atoms with Gasteiger partial charge in [0.05, 0.1) is 5.52 Å². The number of amides is 1. The van der Waals surface area contributed by atoms with Crippen LogP contribution >= 0.6 is 11.6 Å². The number of aromatic nitrogens is 1. The van der Waals surface area contributed by atoms with Crippen LogP contribution in [0.1, 0.15) is 31.1 Å². The maximum Gasteiger partial charge on any atom is 0.256 e. The summed E-state index contributed by atoms with van der Waals surface area (Å²) in [7, 11) is 3.91. The maximum absolute atomic E-state index is 12.7. The Hall–Kier alpha value is -1.85.